The molecule has 2 fully saturated rings. The normalized spacial score (nSPS) is 24.0. The number of nitrogens with zero attached hydrogens (tertiary/aromatic N) is 2. The van der Waals surface area contributed by atoms with Crippen LogP contribution in [0.4, 0.5) is 5.69 Å². The third kappa shape index (κ3) is 4.98. The fraction of sp³-hybridized carbons (Fsp3) is 0.361. The van der Waals surface area contributed by atoms with Gasteiger partial charge in [0.2, 0.25) is 11.8 Å². The quantitative estimate of drug-likeness (QED) is 0.250. The van der Waals surface area contributed by atoms with Crippen molar-refractivity contribution in [3.05, 3.63) is 100 Å². The van der Waals surface area contributed by atoms with Gasteiger partial charge in [0.25, 0.3) is 0 Å². The van der Waals surface area contributed by atoms with Gasteiger partial charge in [-0.2, -0.15) is 0 Å². The Morgan fingerprint density at radius 2 is 1.74 bits per heavy atom. The Labute approximate surface area is 247 Å². The predicted octanol–water partition coefficient (Wildman–Crippen LogP) is 6.90. The predicted molar refractivity (Wildman–Crippen MR) is 165 cm³/mol. The van der Waals surface area contributed by atoms with Crippen LogP contribution in [0.15, 0.2) is 78.0 Å². The molecule has 2 saturated heterocycles. The lowest BCUT2D eigenvalue weighted by Crippen LogP contribution is -2.35. The van der Waals surface area contributed by atoms with Crippen LogP contribution in [0.2, 0.25) is 0 Å². The third-order valence-corrected chi connectivity index (χ3v) is 9.18. The topological polar surface area (TPSA) is 79.7 Å². The molecule has 6 nitrogen and oxygen atoms in total. The zero-order valence-electron chi connectivity index (χ0n) is 24.7. The van der Waals surface area contributed by atoms with Gasteiger partial charge in [-0.3, -0.25) is 19.5 Å². The molecule has 1 aliphatic carbocycles. The minimum Gasteiger partial charge on any atom is -0.507 e. The van der Waals surface area contributed by atoms with Crippen molar-refractivity contribution in [3.8, 4) is 5.75 Å². The number of pyridine rings is 1. The average molecular weight is 563 g/mol. The highest BCUT2D eigenvalue weighted by atomic mass is 16.5. The number of anilines is 1. The van der Waals surface area contributed by atoms with Gasteiger partial charge in [0.05, 0.1) is 35.9 Å². The van der Waals surface area contributed by atoms with Crippen molar-refractivity contribution in [3.63, 3.8) is 0 Å². The molecule has 4 atom stereocenters. The SMILES string of the molecule is Cc1cc(/C=C(/CC[C@H]2OC[C@H]3C2=C(C(C)C)C[C@H]2C(=O)N(c4ccccc4)C(=O)[C@H]23)c2ccccn2)cc(C)c1O. The molecule has 0 bridgehead atoms. The number of hydrogen-bond acceptors (Lipinski definition) is 5. The van der Waals surface area contributed by atoms with Gasteiger partial charge in [0.15, 0.2) is 0 Å². The highest BCUT2D eigenvalue weighted by Crippen LogP contribution is 2.52. The van der Waals surface area contributed by atoms with Crippen LogP contribution in [0.3, 0.4) is 0 Å². The Morgan fingerprint density at radius 1 is 1.02 bits per heavy atom. The van der Waals surface area contributed by atoms with Gasteiger partial charge in [-0.1, -0.05) is 43.7 Å². The fourth-order valence-corrected chi connectivity index (χ4v) is 7.18. The molecule has 42 heavy (non-hydrogen) atoms. The molecule has 3 heterocycles. The summed E-state index contributed by atoms with van der Waals surface area (Å²) >= 11 is 0. The number of amides is 2. The number of carbonyl (C=O) groups excluding carboxylic acids is 2. The van der Waals surface area contributed by atoms with Gasteiger partial charge < -0.3 is 9.84 Å². The number of fused-ring (bicyclic) bond motifs is 3. The lowest BCUT2D eigenvalue weighted by atomic mass is 9.67. The molecule has 3 aliphatic rings. The number of rotatable bonds is 7. The summed E-state index contributed by atoms with van der Waals surface area (Å²) in [4.78, 5) is 33.5. The summed E-state index contributed by atoms with van der Waals surface area (Å²) in [5, 5.41) is 10.3. The van der Waals surface area contributed by atoms with E-state index in [1.165, 1.54) is 16.0 Å². The standard InChI is InChI=1S/C36H38N2O4/c1-21(2)27-19-28-33(36(41)38(35(28)40)26-10-6-5-7-11-26)29-20-42-31(32(27)29)14-13-25(30-12-8-9-15-37-30)18-24-16-22(3)34(39)23(4)17-24/h5-12,15-18,21,28-29,31,33,39H,13-14,19-20H2,1-4H3/b25-18-/t28-,29+,31-,33-/m1/s1. The van der Waals surface area contributed by atoms with E-state index in [2.05, 4.69) is 24.9 Å². The van der Waals surface area contributed by atoms with Gasteiger partial charge in [-0.25, -0.2) is 0 Å². The minimum atomic E-state index is -0.381. The zero-order valence-corrected chi connectivity index (χ0v) is 24.7. The van der Waals surface area contributed by atoms with Gasteiger partial charge in [-0.05, 0) is 109 Å². The number of hydrogen-bond donors (Lipinski definition) is 1. The largest absolute Gasteiger partial charge is 0.507 e. The molecule has 2 aromatic carbocycles. The van der Waals surface area contributed by atoms with E-state index < -0.39 is 0 Å². The first-order valence-electron chi connectivity index (χ1n) is 14.9. The summed E-state index contributed by atoms with van der Waals surface area (Å²) in [6.07, 6.45) is 5.94. The first-order valence-corrected chi connectivity index (χ1v) is 14.9. The molecule has 6 heteroatoms. The second-order valence-electron chi connectivity index (χ2n) is 12.2. The first kappa shape index (κ1) is 28.1. The number of imide groups is 1. The third-order valence-electron chi connectivity index (χ3n) is 9.18. The number of aryl methyl sites for hydroxylation is 2. The number of ether oxygens (including phenoxy) is 1. The maximum absolute atomic E-state index is 13.8. The summed E-state index contributed by atoms with van der Waals surface area (Å²) in [5.74, 6) is -0.401. The summed E-state index contributed by atoms with van der Waals surface area (Å²) in [6.45, 7) is 8.64. The number of para-hydroxylation sites is 1. The van der Waals surface area contributed by atoms with Crippen molar-refractivity contribution < 1.29 is 19.4 Å². The van der Waals surface area contributed by atoms with E-state index in [1.54, 1.807) is 6.20 Å². The van der Waals surface area contributed by atoms with Crippen LogP contribution in [0.1, 0.15) is 55.5 Å². The maximum Gasteiger partial charge on any atom is 0.238 e. The Kier molecular flexibility index (Phi) is 7.58. The highest BCUT2D eigenvalue weighted by Gasteiger charge is 2.57. The highest BCUT2D eigenvalue weighted by molar-refractivity contribution is 6.22. The van der Waals surface area contributed by atoms with Gasteiger partial charge in [0.1, 0.15) is 5.75 Å². The average Bonchev–Trinajstić information content (AvgIpc) is 3.52. The summed E-state index contributed by atoms with van der Waals surface area (Å²) in [5.41, 5.74) is 7.86. The smallest absolute Gasteiger partial charge is 0.238 e. The van der Waals surface area contributed by atoms with Gasteiger partial charge in [0, 0.05) is 12.1 Å². The zero-order chi connectivity index (χ0) is 29.5. The Bertz CT molecular complexity index is 1550. The summed E-state index contributed by atoms with van der Waals surface area (Å²) < 4.78 is 6.48. The number of allylic oxidation sites excluding steroid dienone is 2. The van der Waals surface area contributed by atoms with E-state index in [-0.39, 0.29) is 41.6 Å². The van der Waals surface area contributed by atoms with Crippen molar-refractivity contribution in [1.29, 1.82) is 0 Å². The molecule has 1 N–H and O–H groups in total. The number of phenols is 1. The molecule has 1 aromatic heterocycles. The lowest BCUT2D eigenvalue weighted by molar-refractivity contribution is -0.122. The van der Waals surface area contributed by atoms with E-state index >= 15 is 0 Å². The number of aromatic hydroxyl groups is 1. The Morgan fingerprint density at radius 3 is 2.40 bits per heavy atom. The van der Waals surface area contributed by atoms with Gasteiger partial charge >= 0.3 is 0 Å². The van der Waals surface area contributed by atoms with Crippen LogP contribution in [-0.2, 0) is 14.3 Å². The molecule has 0 radical (unpaired) electrons. The van der Waals surface area contributed by atoms with Crippen molar-refractivity contribution in [2.45, 2.75) is 53.1 Å². The van der Waals surface area contributed by atoms with Crippen LogP contribution >= 0.6 is 0 Å². The lowest BCUT2D eigenvalue weighted by Gasteiger charge is -2.33. The van der Waals surface area contributed by atoms with Crippen molar-refractivity contribution in [2.24, 2.45) is 23.7 Å². The molecule has 3 aromatic rings. The number of benzene rings is 2. The molecular weight excluding hydrogens is 524 g/mol. The monoisotopic (exact) mass is 562 g/mol. The van der Waals surface area contributed by atoms with Crippen LogP contribution in [0.5, 0.6) is 5.75 Å². The van der Waals surface area contributed by atoms with Crippen LogP contribution in [0.25, 0.3) is 11.6 Å². The van der Waals surface area contributed by atoms with Gasteiger partial charge in [-0.15, -0.1) is 0 Å². The first-order chi connectivity index (χ1) is 20.2. The molecule has 0 unspecified atom stereocenters. The van der Waals surface area contributed by atoms with Crippen molar-refractivity contribution in [2.75, 3.05) is 11.5 Å². The summed E-state index contributed by atoms with van der Waals surface area (Å²) in [6, 6.07) is 19.2. The minimum absolute atomic E-state index is 0.0824. The van der Waals surface area contributed by atoms with E-state index in [0.717, 1.165) is 40.8 Å². The molecule has 0 spiro atoms. The number of carbonyl (C=O) groups is 2. The molecule has 6 rings (SSSR count). The second kappa shape index (κ2) is 11.3. The number of aromatic nitrogens is 1. The summed E-state index contributed by atoms with van der Waals surface area (Å²) in [7, 11) is 0. The van der Waals surface area contributed by atoms with E-state index in [9.17, 15) is 14.7 Å². The van der Waals surface area contributed by atoms with Crippen LogP contribution in [0, 0.1) is 37.5 Å². The second-order valence-corrected chi connectivity index (χ2v) is 12.2. The number of phenolic OH excluding ortho intramolecular Hbond substituents is 1. The molecule has 0 saturated carbocycles. The molecule has 2 amide bonds. The van der Waals surface area contributed by atoms with Crippen LogP contribution < -0.4 is 4.90 Å². The van der Waals surface area contributed by atoms with E-state index in [4.69, 9.17) is 4.74 Å². The van der Waals surface area contributed by atoms with Crippen molar-refractivity contribution >= 4 is 29.2 Å². The molecule has 2 aliphatic heterocycles. The molecule has 216 valence electrons. The fourth-order valence-electron chi connectivity index (χ4n) is 7.18. The maximum atomic E-state index is 13.8. The van der Waals surface area contributed by atoms with Crippen molar-refractivity contribution in [1.82, 2.24) is 4.98 Å². The van der Waals surface area contributed by atoms with Crippen LogP contribution in [-0.4, -0.2) is 34.6 Å². The van der Waals surface area contributed by atoms with E-state index in [1.807, 2.05) is 74.5 Å². The molecular formula is C36H38N2O4. The van der Waals surface area contributed by atoms with E-state index in [0.29, 0.717) is 24.5 Å². The Balaban J connectivity index is 1.30. The Hall–Kier alpha value is -4.03.